The molecule has 1 unspecified atom stereocenters. The molecule has 1 aliphatic carbocycles. The summed E-state index contributed by atoms with van der Waals surface area (Å²) in [5, 5.41) is 13.0. The van der Waals surface area contributed by atoms with E-state index in [0.29, 0.717) is 11.6 Å². The van der Waals surface area contributed by atoms with Crippen LogP contribution in [0.1, 0.15) is 30.7 Å². The molecule has 0 bridgehead atoms. The van der Waals surface area contributed by atoms with Gasteiger partial charge in [0.1, 0.15) is 0 Å². The predicted octanol–water partition coefficient (Wildman–Crippen LogP) is 0.427. The SMILES string of the molecule is NC(=O)C1=CCC(c2cc(NC3CCNCC3)c3c(c2)=CCNC=3)C=C1. The molecule has 5 heteroatoms. The fourth-order valence-electron chi connectivity index (χ4n) is 3.93. The number of allylic oxidation sites excluding steroid dienone is 2. The number of amides is 1. The Morgan fingerprint density at radius 1 is 1.19 bits per heavy atom. The van der Waals surface area contributed by atoms with Gasteiger partial charge in [0.25, 0.3) is 0 Å². The molecule has 1 aromatic rings. The number of hydrogen-bond donors (Lipinski definition) is 4. The van der Waals surface area contributed by atoms with E-state index in [9.17, 15) is 4.79 Å². The first-order valence-corrected chi connectivity index (χ1v) is 9.44. The van der Waals surface area contributed by atoms with Crippen LogP contribution in [0.5, 0.6) is 0 Å². The van der Waals surface area contributed by atoms with E-state index in [0.717, 1.165) is 38.9 Å². The first kappa shape index (κ1) is 16.9. The first-order valence-electron chi connectivity index (χ1n) is 9.44. The molecule has 0 saturated carbocycles. The number of fused-ring (bicyclic) bond motifs is 1. The van der Waals surface area contributed by atoms with Crippen molar-refractivity contribution in [1.82, 2.24) is 10.6 Å². The molecular formula is C21H26N4O. The molecule has 5 N–H and O–H groups in total. The van der Waals surface area contributed by atoms with Crippen molar-refractivity contribution in [3.05, 3.63) is 51.9 Å². The summed E-state index contributed by atoms with van der Waals surface area (Å²) < 4.78 is 0. The van der Waals surface area contributed by atoms with Crippen LogP contribution in [0, 0.1) is 0 Å². The summed E-state index contributed by atoms with van der Waals surface area (Å²) in [6, 6.07) is 5.06. The maximum Gasteiger partial charge on any atom is 0.248 e. The van der Waals surface area contributed by atoms with Crippen molar-refractivity contribution in [2.75, 3.05) is 25.0 Å². The van der Waals surface area contributed by atoms with E-state index >= 15 is 0 Å². The van der Waals surface area contributed by atoms with Crippen LogP contribution in [0.2, 0.25) is 0 Å². The zero-order valence-corrected chi connectivity index (χ0v) is 14.9. The van der Waals surface area contributed by atoms with Crippen LogP contribution in [-0.4, -0.2) is 31.6 Å². The van der Waals surface area contributed by atoms with E-state index in [1.807, 2.05) is 12.2 Å². The summed E-state index contributed by atoms with van der Waals surface area (Å²) in [5.41, 5.74) is 8.47. The monoisotopic (exact) mass is 350 g/mol. The molecule has 2 aliphatic heterocycles. The second kappa shape index (κ2) is 7.38. The van der Waals surface area contributed by atoms with Crippen LogP contribution in [0.25, 0.3) is 12.3 Å². The van der Waals surface area contributed by atoms with E-state index < -0.39 is 0 Å². The molecule has 2 heterocycles. The molecule has 0 aromatic heterocycles. The van der Waals surface area contributed by atoms with Crippen molar-refractivity contribution in [3.8, 4) is 0 Å². The van der Waals surface area contributed by atoms with Gasteiger partial charge in [-0.1, -0.05) is 30.4 Å². The molecule has 0 spiro atoms. The molecule has 26 heavy (non-hydrogen) atoms. The molecule has 5 nitrogen and oxygen atoms in total. The van der Waals surface area contributed by atoms with E-state index in [1.54, 1.807) is 0 Å². The van der Waals surface area contributed by atoms with Crippen LogP contribution in [0.15, 0.2) is 35.9 Å². The summed E-state index contributed by atoms with van der Waals surface area (Å²) >= 11 is 0. The maximum absolute atomic E-state index is 11.3. The molecule has 1 amide bonds. The van der Waals surface area contributed by atoms with E-state index in [-0.39, 0.29) is 11.8 Å². The van der Waals surface area contributed by atoms with Crippen LogP contribution >= 0.6 is 0 Å². The molecule has 1 aromatic carbocycles. The number of rotatable bonds is 4. The third-order valence-electron chi connectivity index (χ3n) is 5.43. The van der Waals surface area contributed by atoms with Crippen molar-refractivity contribution >= 4 is 23.9 Å². The van der Waals surface area contributed by atoms with Crippen LogP contribution in [-0.2, 0) is 4.79 Å². The Labute approximate surface area is 153 Å². The van der Waals surface area contributed by atoms with E-state index in [4.69, 9.17) is 5.73 Å². The standard InChI is InChI=1S/C21H26N4O/c22-21(26)15-3-1-14(2-4-15)17-11-16-5-8-24-13-19(16)20(12-17)25-18-6-9-23-10-7-18/h1,3-5,11-14,18,23-25H,2,6-10H2,(H2,22,26). The van der Waals surface area contributed by atoms with Crippen molar-refractivity contribution in [2.45, 2.75) is 31.2 Å². The van der Waals surface area contributed by atoms with E-state index in [1.165, 1.54) is 21.7 Å². The lowest BCUT2D eigenvalue weighted by molar-refractivity contribution is -0.114. The lowest BCUT2D eigenvalue weighted by Gasteiger charge is -2.26. The zero-order valence-electron chi connectivity index (χ0n) is 14.9. The minimum Gasteiger partial charge on any atom is -0.387 e. The Hall–Kier alpha value is -2.53. The zero-order chi connectivity index (χ0) is 17.9. The van der Waals surface area contributed by atoms with Gasteiger partial charge in [0.2, 0.25) is 5.91 Å². The number of benzene rings is 1. The van der Waals surface area contributed by atoms with Crippen LogP contribution in [0.4, 0.5) is 5.69 Å². The lowest BCUT2D eigenvalue weighted by Crippen LogP contribution is -2.40. The van der Waals surface area contributed by atoms with Gasteiger partial charge in [0.05, 0.1) is 0 Å². The average molecular weight is 350 g/mol. The minimum atomic E-state index is -0.354. The fraction of sp³-hybridized carbons (Fsp3) is 0.381. The summed E-state index contributed by atoms with van der Waals surface area (Å²) in [4.78, 5) is 11.3. The molecule has 3 aliphatic rings. The number of nitrogens with two attached hydrogens (primary N) is 1. The molecule has 1 atom stereocenters. The number of nitrogens with one attached hydrogen (secondary N) is 3. The van der Waals surface area contributed by atoms with E-state index in [2.05, 4.69) is 46.4 Å². The number of primary amides is 1. The van der Waals surface area contributed by atoms with Gasteiger partial charge >= 0.3 is 0 Å². The molecule has 1 saturated heterocycles. The Bertz CT molecular complexity index is 878. The van der Waals surface area contributed by atoms with Gasteiger partial charge in [-0.2, -0.15) is 0 Å². The van der Waals surface area contributed by atoms with Crippen LogP contribution in [0.3, 0.4) is 0 Å². The van der Waals surface area contributed by atoms with Gasteiger partial charge in [0.15, 0.2) is 0 Å². The Kier molecular flexibility index (Phi) is 4.80. The third-order valence-corrected chi connectivity index (χ3v) is 5.43. The van der Waals surface area contributed by atoms with Gasteiger partial charge in [-0.25, -0.2) is 0 Å². The smallest absolute Gasteiger partial charge is 0.248 e. The van der Waals surface area contributed by atoms with Crippen LogP contribution < -0.4 is 32.1 Å². The summed E-state index contributed by atoms with van der Waals surface area (Å²) in [7, 11) is 0. The fourth-order valence-corrected chi connectivity index (χ4v) is 3.93. The molecular weight excluding hydrogens is 324 g/mol. The molecule has 136 valence electrons. The number of hydrogen-bond acceptors (Lipinski definition) is 4. The Morgan fingerprint density at radius 2 is 2.04 bits per heavy atom. The predicted molar refractivity (Wildman–Crippen MR) is 106 cm³/mol. The second-order valence-corrected chi connectivity index (χ2v) is 7.22. The van der Waals surface area contributed by atoms with Crippen molar-refractivity contribution < 1.29 is 4.79 Å². The molecule has 0 radical (unpaired) electrons. The summed E-state index contributed by atoms with van der Waals surface area (Å²) in [6.45, 7) is 2.99. The number of carbonyl (C=O) groups excluding carboxylic acids is 1. The quantitative estimate of drug-likeness (QED) is 0.635. The minimum absolute atomic E-state index is 0.278. The lowest BCUT2D eigenvalue weighted by atomic mass is 9.88. The van der Waals surface area contributed by atoms with Crippen molar-refractivity contribution in [1.29, 1.82) is 0 Å². The number of piperidine rings is 1. The van der Waals surface area contributed by atoms with Gasteiger partial charge in [0, 0.05) is 41.2 Å². The molecule has 1 fully saturated rings. The van der Waals surface area contributed by atoms with Gasteiger partial charge in [-0.15, -0.1) is 0 Å². The average Bonchev–Trinajstić information content (AvgIpc) is 2.69. The third kappa shape index (κ3) is 3.53. The molecule has 4 rings (SSSR count). The highest BCUT2D eigenvalue weighted by molar-refractivity contribution is 5.95. The highest BCUT2D eigenvalue weighted by atomic mass is 16.1. The normalized spacial score (nSPS) is 22.3. The highest BCUT2D eigenvalue weighted by Crippen LogP contribution is 2.27. The Balaban J connectivity index is 1.65. The highest BCUT2D eigenvalue weighted by Gasteiger charge is 2.17. The number of anilines is 1. The second-order valence-electron chi connectivity index (χ2n) is 7.22. The first-order chi connectivity index (χ1) is 12.7. The van der Waals surface area contributed by atoms with Crippen molar-refractivity contribution in [2.24, 2.45) is 5.73 Å². The van der Waals surface area contributed by atoms with Gasteiger partial charge in [-0.3, -0.25) is 4.79 Å². The van der Waals surface area contributed by atoms with Crippen molar-refractivity contribution in [3.63, 3.8) is 0 Å². The van der Waals surface area contributed by atoms with Gasteiger partial charge in [-0.05, 0) is 49.2 Å². The maximum atomic E-state index is 11.3. The topological polar surface area (TPSA) is 79.2 Å². The largest absolute Gasteiger partial charge is 0.387 e. The Morgan fingerprint density at radius 3 is 2.77 bits per heavy atom. The summed E-state index contributed by atoms with van der Waals surface area (Å²) in [5.74, 6) is -0.0762. The number of carbonyl (C=O) groups is 1. The summed E-state index contributed by atoms with van der Waals surface area (Å²) in [6.07, 6.45) is 13.3. The van der Waals surface area contributed by atoms with Gasteiger partial charge < -0.3 is 21.7 Å².